The molecule has 0 aliphatic rings. The number of para-hydroxylation sites is 1. The van der Waals surface area contributed by atoms with Crippen molar-refractivity contribution in [2.75, 3.05) is 6.54 Å². The predicted octanol–water partition coefficient (Wildman–Crippen LogP) is 2.35. The molecule has 9 heteroatoms. The largest absolute Gasteiger partial charge is 0.361 e. The lowest BCUT2D eigenvalue weighted by Gasteiger charge is -2.08. The Balaban J connectivity index is 1.35. The van der Waals surface area contributed by atoms with Crippen LogP contribution in [0.1, 0.15) is 28.8 Å². The van der Waals surface area contributed by atoms with E-state index in [0.717, 1.165) is 28.6 Å². The number of carbonyl (C=O) groups is 3. The molecule has 1 heterocycles. The van der Waals surface area contributed by atoms with Crippen LogP contribution in [0.25, 0.3) is 10.9 Å². The van der Waals surface area contributed by atoms with Crippen molar-refractivity contribution in [2.24, 2.45) is 0 Å². The lowest BCUT2D eigenvalue weighted by Crippen LogP contribution is -2.42. The zero-order valence-corrected chi connectivity index (χ0v) is 15.9. The number of hydrazine groups is 1. The van der Waals surface area contributed by atoms with Gasteiger partial charge in [0.1, 0.15) is 11.6 Å². The third-order valence-electron chi connectivity index (χ3n) is 4.41. The summed E-state index contributed by atoms with van der Waals surface area (Å²) in [6.45, 7) is 0.117. The molecule has 3 amide bonds. The van der Waals surface area contributed by atoms with Gasteiger partial charge in [-0.15, -0.1) is 0 Å². The summed E-state index contributed by atoms with van der Waals surface area (Å²) in [5.41, 5.74) is 6.13. The van der Waals surface area contributed by atoms with Crippen LogP contribution in [-0.4, -0.2) is 29.3 Å². The van der Waals surface area contributed by atoms with Gasteiger partial charge in [0, 0.05) is 36.1 Å². The first-order chi connectivity index (χ1) is 14.4. The summed E-state index contributed by atoms with van der Waals surface area (Å²) in [4.78, 5) is 38.8. The van der Waals surface area contributed by atoms with Crippen molar-refractivity contribution in [1.29, 1.82) is 0 Å². The molecule has 3 aromatic rings. The minimum atomic E-state index is -0.955. The number of aromatic nitrogens is 1. The average molecular weight is 414 g/mol. The molecule has 0 unspecified atom stereocenters. The zero-order chi connectivity index (χ0) is 21.5. The Bertz CT molecular complexity index is 1080. The van der Waals surface area contributed by atoms with E-state index < -0.39 is 23.4 Å². The molecular formula is C21H20F2N4O3. The number of aromatic amines is 1. The Labute approximate surface area is 170 Å². The molecule has 0 atom stereocenters. The van der Waals surface area contributed by atoms with Crippen molar-refractivity contribution in [3.05, 3.63) is 71.4 Å². The fourth-order valence-corrected chi connectivity index (χ4v) is 2.92. The lowest BCUT2D eigenvalue weighted by molar-refractivity contribution is -0.128. The number of amides is 3. The third-order valence-corrected chi connectivity index (χ3v) is 4.41. The van der Waals surface area contributed by atoms with Crippen LogP contribution in [0.4, 0.5) is 8.78 Å². The summed E-state index contributed by atoms with van der Waals surface area (Å²) in [7, 11) is 0. The zero-order valence-electron chi connectivity index (χ0n) is 15.9. The quantitative estimate of drug-likeness (QED) is 0.352. The molecule has 0 radical (unpaired) electrons. The Morgan fingerprint density at radius 3 is 2.53 bits per heavy atom. The smallest absolute Gasteiger partial charge is 0.254 e. The molecule has 2 aromatic carbocycles. The van der Waals surface area contributed by atoms with Gasteiger partial charge < -0.3 is 10.3 Å². The molecule has 0 fully saturated rings. The van der Waals surface area contributed by atoms with Crippen molar-refractivity contribution in [3.8, 4) is 0 Å². The monoisotopic (exact) mass is 414 g/mol. The van der Waals surface area contributed by atoms with Crippen LogP contribution in [0.15, 0.2) is 48.7 Å². The third kappa shape index (κ3) is 5.40. The maximum Gasteiger partial charge on any atom is 0.254 e. The Morgan fingerprint density at radius 2 is 1.73 bits per heavy atom. The fraction of sp³-hybridized carbons (Fsp3) is 0.190. The van der Waals surface area contributed by atoms with Crippen molar-refractivity contribution in [3.63, 3.8) is 0 Å². The molecule has 7 nitrogen and oxygen atoms in total. The molecule has 0 bridgehead atoms. The lowest BCUT2D eigenvalue weighted by atomic mass is 10.1. The first-order valence-electron chi connectivity index (χ1n) is 9.30. The number of H-pyrrole nitrogens is 1. The van der Waals surface area contributed by atoms with E-state index in [1.165, 1.54) is 0 Å². The molecule has 3 rings (SSSR count). The van der Waals surface area contributed by atoms with Gasteiger partial charge in [0.15, 0.2) is 0 Å². The number of benzene rings is 2. The second-order valence-corrected chi connectivity index (χ2v) is 6.62. The summed E-state index contributed by atoms with van der Waals surface area (Å²) >= 11 is 0. The van der Waals surface area contributed by atoms with Gasteiger partial charge in [-0.05, 0) is 30.2 Å². The number of halogens is 2. The van der Waals surface area contributed by atoms with Gasteiger partial charge in [0.25, 0.3) is 5.91 Å². The molecule has 0 spiro atoms. The van der Waals surface area contributed by atoms with Crippen molar-refractivity contribution in [2.45, 2.75) is 19.3 Å². The van der Waals surface area contributed by atoms with Gasteiger partial charge in [-0.1, -0.05) is 18.2 Å². The van der Waals surface area contributed by atoms with Crippen LogP contribution < -0.4 is 16.2 Å². The van der Waals surface area contributed by atoms with E-state index in [9.17, 15) is 23.2 Å². The normalized spacial score (nSPS) is 10.6. The van der Waals surface area contributed by atoms with Gasteiger partial charge in [-0.3, -0.25) is 25.2 Å². The van der Waals surface area contributed by atoms with E-state index in [2.05, 4.69) is 21.2 Å². The van der Waals surface area contributed by atoms with E-state index in [-0.39, 0.29) is 37.3 Å². The maximum absolute atomic E-state index is 13.5. The SMILES string of the molecule is O=C(CCCNC(=O)c1ccc(F)cc1F)NNC(=O)Cc1c[nH]c2ccccc12. The number of rotatable bonds is 7. The minimum Gasteiger partial charge on any atom is -0.361 e. The van der Waals surface area contributed by atoms with Crippen molar-refractivity contribution in [1.82, 2.24) is 21.2 Å². The van der Waals surface area contributed by atoms with E-state index >= 15 is 0 Å². The molecule has 0 aliphatic carbocycles. The maximum atomic E-state index is 13.5. The summed E-state index contributed by atoms with van der Waals surface area (Å²) < 4.78 is 26.4. The Kier molecular flexibility index (Phi) is 6.74. The van der Waals surface area contributed by atoms with Gasteiger partial charge in [0.05, 0.1) is 12.0 Å². The topological polar surface area (TPSA) is 103 Å². The summed E-state index contributed by atoms with van der Waals surface area (Å²) in [6.07, 6.45) is 2.17. The van der Waals surface area contributed by atoms with Crippen LogP contribution in [-0.2, 0) is 16.0 Å². The van der Waals surface area contributed by atoms with Crippen LogP contribution in [0.2, 0.25) is 0 Å². The Hall–Kier alpha value is -3.75. The van der Waals surface area contributed by atoms with Gasteiger partial charge in [-0.25, -0.2) is 8.78 Å². The number of fused-ring (bicyclic) bond motifs is 1. The number of nitrogens with one attached hydrogen (secondary N) is 4. The number of carbonyl (C=O) groups excluding carboxylic acids is 3. The predicted molar refractivity (Wildman–Crippen MR) is 106 cm³/mol. The average Bonchev–Trinajstić information content (AvgIpc) is 3.12. The standard InChI is InChI=1S/C21H20F2N4O3/c22-14-7-8-16(17(23)11-14)21(30)24-9-3-6-19(28)26-27-20(29)10-13-12-25-18-5-2-1-4-15(13)18/h1-2,4-5,7-8,11-12,25H,3,6,9-10H2,(H,24,30)(H,26,28)(H,27,29). The fourth-order valence-electron chi connectivity index (χ4n) is 2.92. The summed E-state index contributed by atoms with van der Waals surface area (Å²) in [5.74, 6) is -3.21. The molecule has 0 saturated carbocycles. The second kappa shape index (κ2) is 9.64. The molecule has 156 valence electrons. The first-order valence-corrected chi connectivity index (χ1v) is 9.30. The molecule has 0 saturated heterocycles. The van der Waals surface area contributed by atoms with E-state index in [1.807, 2.05) is 24.3 Å². The highest BCUT2D eigenvalue weighted by molar-refractivity contribution is 5.94. The van der Waals surface area contributed by atoms with Crippen LogP contribution in [0, 0.1) is 11.6 Å². The van der Waals surface area contributed by atoms with Gasteiger partial charge in [0.2, 0.25) is 11.8 Å². The van der Waals surface area contributed by atoms with E-state index in [4.69, 9.17) is 0 Å². The van der Waals surface area contributed by atoms with E-state index in [0.29, 0.717) is 6.07 Å². The summed E-state index contributed by atoms with van der Waals surface area (Å²) in [6, 6.07) is 10.2. The van der Waals surface area contributed by atoms with Crippen molar-refractivity contribution < 1.29 is 23.2 Å². The molecular weight excluding hydrogens is 394 g/mol. The molecule has 0 aliphatic heterocycles. The highest BCUT2D eigenvalue weighted by atomic mass is 19.1. The van der Waals surface area contributed by atoms with Gasteiger partial charge in [-0.2, -0.15) is 0 Å². The summed E-state index contributed by atoms with van der Waals surface area (Å²) in [5, 5.41) is 3.39. The molecule has 30 heavy (non-hydrogen) atoms. The van der Waals surface area contributed by atoms with Crippen LogP contribution in [0.5, 0.6) is 0 Å². The second-order valence-electron chi connectivity index (χ2n) is 6.62. The van der Waals surface area contributed by atoms with Crippen molar-refractivity contribution >= 4 is 28.6 Å². The van der Waals surface area contributed by atoms with E-state index in [1.54, 1.807) is 6.20 Å². The van der Waals surface area contributed by atoms with Gasteiger partial charge >= 0.3 is 0 Å². The first kappa shape index (κ1) is 21.0. The highest BCUT2D eigenvalue weighted by Gasteiger charge is 2.13. The minimum absolute atomic E-state index is 0.0412. The molecule has 4 N–H and O–H groups in total. The van der Waals surface area contributed by atoms with Crippen LogP contribution >= 0.6 is 0 Å². The molecule has 1 aromatic heterocycles. The Morgan fingerprint density at radius 1 is 0.967 bits per heavy atom. The van der Waals surface area contributed by atoms with Crippen LogP contribution in [0.3, 0.4) is 0 Å². The number of hydrogen-bond donors (Lipinski definition) is 4. The number of hydrogen-bond acceptors (Lipinski definition) is 3. The highest BCUT2D eigenvalue weighted by Crippen LogP contribution is 2.17.